The van der Waals surface area contributed by atoms with Crippen LogP contribution in [0.1, 0.15) is 15.9 Å². The lowest BCUT2D eigenvalue weighted by Crippen LogP contribution is -2.22. The van der Waals surface area contributed by atoms with Gasteiger partial charge in [-0.3, -0.25) is 14.5 Å². The third-order valence-electron chi connectivity index (χ3n) is 3.58. The Morgan fingerprint density at radius 2 is 1.88 bits per heavy atom. The Kier molecular flexibility index (Phi) is 5.36. The molecule has 0 spiro atoms. The minimum absolute atomic E-state index is 0.106. The summed E-state index contributed by atoms with van der Waals surface area (Å²) < 4.78 is 1.36. The predicted octanol–water partition coefficient (Wildman–Crippen LogP) is 4.53. The van der Waals surface area contributed by atoms with Gasteiger partial charge in [0.15, 0.2) is 0 Å². The van der Waals surface area contributed by atoms with Crippen molar-refractivity contribution in [2.45, 2.75) is 0 Å². The highest BCUT2D eigenvalue weighted by molar-refractivity contribution is 9.10. The Hall–Kier alpha value is -1.96. The first kappa shape index (κ1) is 17.8. The third-order valence-corrected chi connectivity index (χ3v) is 5.76. The first-order chi connectivity index (χ1) is 12.0. The molecule has 2 amide bonds. The molecule has 1 fully saturated rings. The van der Waals surface area contributed by atoms with Gasteiger partial charge in [0.1, 0.15) is 4.32 Å². The van der Waals surface area contributed by atoms with E-state index in [4.69, 9.17) is 12.2 Å². The van der Waals surface area contributed by atoms with E-state index >= 15 is 0 Å². The number of halogens is 1. The second kappa shape index (κ2) is 7.51. The summed E-state index contributed by atoms with van der Waals surface area (Å²) in [6, 6.07) is 14.5. The molecule has 4 nitrogen and oxygen atoms in total. The molecule has 7 heteroatoms. The topological polar surface area (TPSA) is 49.4 Å². The van der Waals surface area contributed by atoms with Gasteiger partial charge in [-0.1, -0.05) is 48.2 Å². The van der Waals surface area contributed by atoms with Gasteiger partial charge in [-0.05, 0) is 51.8 Å². The lowest BCUT2D eigenvalue weighted by Gasteiger charge is -2.07. The molecule has 0 radical (unpaired) electrons. The van der Waals surface area contributed by atoms with E-state index in [1.54, 1.807) is 37.4 Å². The maximum Gasteiger partial charge on any atom is 0.265 e. The van der Waals surface area contributed by atoms with Crippen LogP contribution in [-0.4, -0.2) is 28.1 Å². The van der Waals surface area contributed by atoms with Crippen LogP contribution in [0.2, 0.25) is 0 Å². The molecule has 2 aromatic carbocycles. The highest BCUT2D eigenvalue weighted by atomic mass is 79.9. The number of carbonyl (C=O) groups excluding carboxylic acids is 2. The lowest BCUT2D eigenvalue weighted by molar-refractivity contribution is -0.121. The third kappa shape index (κ3) is 4.00. The van der Waals surface area contributed by atoms with Gasteiger partial charge in [0.2, 0.25) is 0 Å². The molecule has 0 aliphatic carbocycles. The summed E-state index contributed by atoms with van der Waals surface area (Å²) in [6.07, 6.45) is 1.78. The average Bonchev–Trinajstić information content (AvgIpc) is 2.84. The number of hydrogen-bond donors (Lipinski definition) is 1. The molecule has 0 atom stereocenters. The largest absolute Gasteiger partial charge is 0.321 e. The van der Waals surface area contributed by atoms with E-state index < -0.39 is 0 Å². The number of anilines is 1. The van der Waals surface area contributed by atoms with Crippen LogP contribution in [-0.2, 0) is 4.79 Å². The molecular formula is C18H13BrN2O2S2. The van der Waals surface area contributed by atoms with Crippen molar-refractivity contribution in [1.29, 1.82) is 0 Å². The summed E-state index contributed by atoms with van der Waals surface area (Å²) in [5.41, 5.74) is 2.09. The summed E-state index contributed by atoms with van der Waals surface area (Å²) in [6.45, 7) is 0. The molecule has 3 rings (SSSR count). The zero-order valence-electron chi connectivity index (χ0n) is 13.2. The van der Waals surface area contributed by atoms with Crippen molar-refractivity contribution in [2.24, 2.45) is 0 Å². The normalized spacial score (nSPS) is 15.8. The second-order valence-electron chi connectivity index (χ2n) is 5.30. The molecule has 1 saturated heterocycles. The van der Waals surface area contributed by atoms with Crippen molar-refractivity contribution in [1.82, 2.24) is 4.90 Å². The number of nitrogens with one attached hydrogen (secondary N) is 1. The molecule has 0 saturated carbocycles. The number of nitrogens with zero attached hydrogens (tertiary/aromatic N) is 1. The van der Waals surface area contributed by atoms with Crippen LogP contribution in [0.15, 0.2) is 57.9 Å². The van der Waals surface area contributed by atoms with Crippen molar-refractivity contribution in [3.63, 3.8) is 0 Å². The fraction of sp³-hybridized carbons (Fsp3) is 0.0556. The van der Waals surface area contributed by atoms with Crippen LogP contribution in [0, 0.1) is 0 Å². The van der Waals surface area contributed by atoms with Crippen molar-refractivity contribution >= 4 is 67.8 Å². The number of benzene rings is 2. The van der Waals surface area contributed by atoms with E-state index in [2.05, 4.69) is 21.2 Å². The van der Waals surface area contributed by atoms with Crippen LogP contribution in [0.4, 0.5) is 5.69 Å². The van der Waals surface area contributed by atoms with E-state index in [1.807, 2.05) is 24.3 Å². The lowest BCUT2D eigenvalue weighted by atomic mass is 10.1. The molecule has 0 bridgehead atoms. The van der Waals surface area contributed by atoms with Gasteiger partial charge in [0, 0.05) is 17.1 Å². The highest BCUT2D eigenvalue weighted by Crippen LogP contribution is 2.31. The maximum atomic E-state index is 12.3. The predicted molar refractivity (Wildman–Crippen MR) is 109 cm³/mol. The first-order valence-electron chi connectivity index (χ1n) is 7.33. The van der Waals surface area contributed by atoms with Gasteiger partial charge >= 0.3 is 0 Å². The van der Waals surface area contributed by atoms with Gasteiger partial charge in [-0.25, -0.2) is 0 Å². The number of amides is 2. The summed E-state index contributed by atoms with van der Waals surface area (Å²) in [4.78, 5) is 26.4. The molecule has 1 heterocycles. The molecule has 1 aliphatic heterocycles. The number of para-hydroxylation sites is 1. The Morgan fingerprint density at radius 1 is 1.20 bits per heavy atom. The van der Waals surface area contributed by atoms with Crippen molar-refractivity contribution < 1.29 is 9.59 Å². The maximum absolute atomic E-state index is 12.3. The van der Waals surface area contributed by atoms with Crippen molar-refractivity contribution in [3.8, 4) is 0 Å². The Morgan fingerprint density at radius 3 is 2.48 bits per heavy atom. The van der Waals surface area contributed by atoms with Gasteiger partial charge in [0.05, 0.1) is 10.6 Å². The van der Waals surface area contributed by atoms with Crippen LogP contribution in [0.3, 0.4) is 0 Å². The van der Waals surface area contributed by atoms with Gasteiger partial charge in [-0.2, -0.15) is 0 Å². The number of thiocarbonyl (C=S) groups is 1. The van der Waals surface area contributed by atoms with E-state index in [-0.39, 0.29) is 11.8 Å². The highest BCUT2D eigenvalue weighted by Gasteiger charge is 2.28. The molecule has 126 valence electrons. The summed E-state index contributed by atoms with van der Waals surface area (Å²) in [5.74, 6) is -0.302. The van der Waals surface area contributed by atoms with Crippen molar-refractivity contribution in [3.05, 3.63) is 69.0 Å². The SMILES string of the molecule is CN1C(=O)C(=Cc2ccc(C(=O)Nc3ccccc3Br)cc2)SC1=S. The minimum Gasteiger partial charge on any atom is -0.321 e. The van der Waals surface area contributed by atoms with E-state index in [0.717, 1.165) is 10.0 Å². The van der Waals surface area contributed by atoms with E-state index in [1.165, 1.54) is 16.7 Å². The smallest absolute Gasteiger partial charge is 0.265 e. The van der Waals surface area contributed by atoms with Crippen LogP contribution in [0.5, 0.6) is 0 Å². The Bertz CT molecular complexity index is 894. The average molecular weight is 433 g/mol. The molecule has 2 aromatic rings. The molecule has 25 heavy (non-hydrogen) atoms. The fourth-order valence-corrected chi connectivity index (χ4v) is 3.75. The second-order valence-corrected chi connectivity index (χ2v) is 7.83. The van der Waals surface area contributed by atoms with Crippen LogP contribution in [0.25, 0.3) is 6.08 Å². The zero-order chi connectivity index (χ0) is 18.0. The standard InChI is InChI=1S/C18H13BrN2O2S2/c1-21-17(23)15(25-18(21)24)10-11-6-8-12(9-7-11)16(22)20-14-5-3-2-4-13(14)19/h2-10H,1H3,(H,20,22). The summed E-state index contributed by atoms with van der Waals surface area (Å²) >= 11 is 9.79. The Labute approximate surface area is 163 Å². The summed E-state index contributed by atoms with van der Waals surface area (Å²) in [7, 11) is 1.66. The van der Waals surface area contributed by atoms with Gasteiger partial charge in [0.25, 0.3) is 11.8 Å². The Balaban J connectivity index is 1.74. The summed E-state index contributed by atoms with van der Waals surface area (Å²) in [5, 5.41) is 2.85. The number of rotatable bonds is 3. The van der Waals surface area contributed by atoms with E-state index in [0.29, 0.717) is 20.5 Å². The monoisotopic (exact) mass is 432 g/mol. The first-order valence-corrected chi connectivity index (χ1v) is 9.35. The van der Waals surface area contributed by atoms with E-state index in [9.17, 15) is 9.59 Å². The number of thioether (sulfide) groups is 1. The minimum atomic E-state index is -0.196. The van der Waals surface area contributed by atoms with Gasteiger partial charge < -0.3 is 5.32 Å². The molecular weight excluding hydrogens is 420 g/mol. The number of hydrogen-bond acceptors (Lipinski definition) is 4. The van der Waals surface area contributed by atoms with Crippen LogP contribution >= 0.6 is 39.9 Å². The molecule has 0 unspecified atom stereocenters. The fourth-order valence-electron chi connectivity index (χ4n) is 2.18. The zero-order valence-corrected chi connectivity index (χ0v) is 16.4. The van der Waals surface area contributed by atoms with Crippen LogP contribution < -0.4 is 5.32 Å². The van der Waals surface area contributed by atoms with Crippen molar-refractivity contribution in [2.75, 3.05) is 12.4 Å². The molecule has 1 N–H and O–H groups in total. The quantitative estimate of drug-likeness (QED) is 0.571. The molecule has 1 aliphatic rings. The van der Waals surface area contributed by atoms with Gasteiger partial charge in [-0.15, -0.1) is 0 Å². The number of carbonyl (C=O) groups is 2. The molecule has 0 aromatic heterocycles. The number of likely N-dealkylation sites (N-methyl/N-ethyl adjacent to an activating group) is 1.